The van der Waals surface area contributed by atoms with E-state index < -0.39 is 5.60 Å². The number of hydrogen-bond acceptors (Lipinski definition) is 9. The van der Waals surface area contributed by atoms with E-state index in [1.807, 2.05) is 25.7 Å². The first-order chi connectivity index (χ1) is 25.3. The van der Waals surface area contributed by atoms with Crippen molar-refractivity contribution in [3.8, 4) is 0 Å². The normalized spacial score (nSPS) is 36.2. The summed E-state index contributed by atoms with van der Waals surface area (Å²) in [6.07, 6.45) is 16.2. The number of halogens is 1. The number of likely N-dealkylation sites (tertiary alicyclic amines) is 3. The van der Waals surface area contributed by atoms with Gasteiger partial charge in [0.1, 0.15) is 18.8 Å². The minimum absolute atomic E-state index is 0. The highest BCUT2D eigenvalue weighted by Gasteiger charge is 2.47. The summed E-state index contributed by atoms with van der Waals surface area (Å²) in [4.78, 5) is 49.2. The Morgan fingerprint density at radius 2 is 1.19 bits per heavy atom. The fourth-order valence-electron chi connectivity index (χ4n) is 11.1. The maximum absolute atomic E-state index is 12.7. The summed E-state index contributed by atoms with van der Waals surface area (Å²) >= 11 is 0. The lowest BCUT2D eigenvalue weighted by Gasteiger charge is -2.50. The molecule has 6 atom stereocenters. The lowest BCUT2D eigenvalue weighted by atomic mass is 9.87. The molecule has 1 N–H and O–H groups in total. The average molecular weight is 780 g/mol. The lowest BCUT2D eigenvalue weighted by Crippen LogP contribution is -2.62. The van der Waals surface area contributed by atoms with Gasteiger partial charge >= 0.3 is 6.09 Å². The van der Waals surface area contributed by atoms with E-state index in [4.69, 9.17) is 14.2 Å². The quantitative estimate of drug-likeness (QED) is 0.431. The Kier molecular flexibility index (Phi) is 13.5. The summed E-state index contributed by atoms with van der Waals surface area (Å²) in [7, 11) is 0. The van der Waals surface area contributed by atoms with Crippen LogP contribution in [0.15, 0.2) is 0 Å². The zero-order chi connectivity index (χ0) is 37.4. The van der Waals surface area contributed by atoms with E-state index in [1.165, 1.54) is 32.1 Å². The molecule has 12 nitrogen and oxygen atoms in total. The van der Waals surface area contributed by atoms with Crippen LogP contribution >= 0.6 is 12.4 Å². The molecule has 0 radical (unpaired) electrons. The Morgan fingerprint density at radius 3 is 1.65 bits per heavy atom. The number of piperidine rings is 2. The summed E-state index contributed by atoms with van der Waals surface area (Å²) in [5.74, 6) is 0.417. The standard InChI is InChI=1S/C23H39N3O4.C18H31N3O2.ClH/c1-22(2,3)30-21(28)24-14-11-23(4,16-24)25-12-9-17(10-13-25)26-18-7-5-6-8-19(18)29-15-20(26)27;1-18(8-9-19-13-18)20-10-6-14(7-11-20)21-15-4-2-3-5-16(15)23-12-17(21)22;/h17-19H,5-16H2,1-4H3;14-16,19H,2-13H2,1H3;1H/t18-,19-,23?;15-,16-,18?;/m00./s1. The van der Waals surface area contributed by atoms with Crippen LogP contribution < -0.4 is 5.32 Å². The predicted octanol–water partition coefficient (Wildman–Crippen LogP) is 4.81. The number of nitrogens with zero attached hydrogens (tertiary/aromatic N) is 5. The van der Waals surface area contributed by atoms with Crippen molar-refractivity contribution in [1.29, 1.82) is 0 Å². The highest BCUT2D eigenvalue weighted by atomic mass is 35.5. The minimum Gasteiger partial charge on any atom is -0.444 e. The molecule has 8 rings (SSSR count). The first kappa shape index (κ1) is 41.9. The molecule has 6 saturated heterocycles. The summed E-state index contributed by atoms with van der Waals surface area (Å²) in [5.41, 5.74) is -0.145. The Bertz CT molecular complexity index is 1290. The van der Waals surface area contributed by atoms with E-state index in [0.717, 1.165) is 104 Å². The molecule has 54 heavy (non-hydrogen) atoms. The number of hydrogen-bond donors (Lipinski definition) is 1. The van der Waals surface area contributed by atoms with Gasteiger partial charge in [-0.05, 0) is 105 Å². The summed E-state index contributed by atoms with van der Waals surface area (Å²) < 4.78 is 17.2. The van der Waals surface area contributed by atoms with Crippen LogP contribution in [-0.4, -0.2) is 161 Å². The molecular weight excluding hydrogens is 708 g/mol. The van der Waals surface area contributed by atoms with Crippen LogP contribution in [0.5, 0.6) is 0 Å². The van der Waals surface area contributed by atoms with E-state index in [-0.39, 0.29) is 54.6 Å². The lowest BCUT2D eigenvalue weighted by molar-refractivity contribution is -0.168. The molecule has 8 fully saturated rings. The molecule has 3 amide bonds. The maximum Gasteiger partial charge on any atom is 0.410 e. The van der Waals surface area contributed by atoms with Crippen LogP contribution in [0, 0.1) is 0 Å². The van der Waals surface area contributed by atoms with Gasteiger partial charge in [-0.2, -0.15) is 0 Å². The van der Waals surface area contributed by atoms with Gasteiger partial charge < -0.3 is 34.2 Å². The molecule has 6 heterocycles. The summed E-state index contributed by atoms with van der Waals surface area (Å²) in [6.45, 7) is 18.9. The SMILES string of the molecule is CC(C)(C)OC(=O)N1CCC(C)(N2CCC(N3C(=O)CO[C@H]4CCCC[C@@H]43)CC2)C1.CC1(N2CCC(N3C(=O)CO[C@H]4CCCC[C@@H]43)CC2)CCNC1.Cl. The molecule has 308 valence electrons. The number of carbonyl (C=O) groups is 3. The number of ether oxygens (including phenoxy) is 3. The van der Waals surface area contributed by atoms with E-state index >= 15 is 0 Å². The van der Waals surface area contributed by atoms with Crippen molar-refractivity contribution < 1.29 is 28.6 Å². The van der Waals surface area contributed by atoms with Gasteiger partial charge in [0.2, 0.25) is 11.8 Å². The highest BCUT2D eigenvalue weighted by molar-refractivity contribution is 5.85. The van der Waals surface area contributed by atoms with E-state index in [2.05, 4.69) is 38.8 Å². The van der Waals surface area contributed by atoms with Gasteiger partial charge in [0.25, 0.3) is 0 Å². The predicted molar refractivity (Wildman–Crippen MR) is 211 cm³/mol. The maximum atomic E-state index is 12.7. The zero-order valence-corrected chi connectivity index (χ0v) is 34.8. The van der Waals surface area contributed by atoms with Crippen molar-refractivity contribution in [2.24, 2.45) is 0 Å². The minimum atomic E-state index is -0.462. The molecule has 2 unspecified atom stereocenters. The van der Waals surface area contributed by atoms with E-state index in [9.17, 15) is 14.4 Å². The fourth-order valence-corrected chi connectivity index (χ4v) is 11.1. The molecule has 0 bridgehead atoms. The van der Waals surface area contributed by atoms with Crippen molar-refractivity contribution in [2.75, 3.05) is 65.6 Å². The smallest absolute Gasteiger partial charge is 0.410 e. The molecule has 0 aromatic carbocycles. The van der Waals surface area contributed by atoms with Gasteiger partial charge in [-0.25, -0.2) is 4.79 Å². The Labute approximate surface area is 331 Å². The van der Waals surface area contributed by atoms with Crippen molar-refractivity contribution in [3.05, 3.63) is 0 Å². The molecule has 6 aliphatic heterocycles. The van der Waals surface area contributed by atoms with Gasteiger partial charge in [0, 0.05) is 69.0 Å². The fraction of sp³-hybridized carbons (Fsp3) is 0.927. The number of rotatable bonds is 4. The summed E-state index contributed by atoms with van der Waals surface area (Å²) in [6, 6.07) is 1.40. The topological polar surface area (TPSA) is 107 Å². The Hall–Kier alpha value is -1.70. The molecule has 0 spiro atoms. The van der Waals surface area contributed by atoms with E-state index in [0.29, 0.717) is 42.9 Å². The van der Waals surface area contributed by atoms with Crippen LogP contribution in [0.4, 0.5) is 4.79 Å². The van der Waals surface area contributed by atoms with Crippen molar-refractivity contribution in [3.63, 3.8) is 0 Å². The second kappa shape index (κ2) is 17.4. The molecule has 2 aliphatic carbocycles. The Morgan fingerprint density at radius 1 is 0.704 bits per heavy atom. The zero-order valence-electron chi connectivity index (χ0n) is 34.0. The average Bonchev–Trinajstić information content (AvgIpc) is 3.78. The van der Waals surface area contributed by atoms with Crippen molar-refractivity contribution in [2.45, 2.75) is 178 Å². The van der Waals surface area contributed by atoms with Crippen LogP contribution in [0.1, 0.15) is 125 Å². The second-order valence-electron chi connectivity index (χ2n) is 19.0. The third-order valence-corrected chi connectivity index (χ3v) is 14.2. The largest absolute Gasteiger partial charge is 0.444 e. The van der Waals surface area contributed by atoms with Gasteiger partial charge in [-0.3, -0.25) is 19.4 Å². The third kappa shape index (κ3) is 9.20. The van der Waals surface area contributed by atoms with Gasteiger partial charge in [0.15, 0.2) is 0 Å². The second-order valence-corrected chi connectivity index (χ2v) is 19.0. The van der Waals surface area contributed by atoms with Crippen molar-refractivity contribution >= 4 is 30.3 Å². The molecular formula is C41H71ClN6O6. The molecule has 2 saturated carbocycles. The first-order valence-corrected chi connectivity index (χ1v) is 21.4. The van der Waals surface area contributed by atoms with E-state index in [1.54, 1.807) is 0 Å². The number of morpholine rings is 2. The first-order valence-electron chi connectivity index (χ1n) is 21.4. The van der Waals surface area contributed by atoms with Gasteiger partial charge in [-0.1, -0.05) is 25.7 Å². The monoisotopic (exact) mass is 779 g/mol. The van der Waals surface area contributed by atoms with Gasteiger partial charge in [-0.15, -0.1) is 12.4 Å². The Balaban J connectivity index is 0.000000187. The van der Waals surface area contributed by atoms with Crippen molar-refractivity contribution in [1.82, 2.24) is 29.8 Å². The number of fused-ring (bicyclic) bond motifs is 2. The highest BCUT2D eigenvalue weighted by Crippen LogP contribution is 2.37. The molecule has 0 aromatic heterocycles. The molecule has 13 heteroatoms. The van der Waals surface area contributed by atoms with Crippen LogP contribution in [-0.2, 0) is 23.8 Å². The van der Waals surface area contributed by atoms with Crippen LogP contribution in [0.3, 0.4) is 0 Å². The third-order valence-electron chi connectivity index (χ3n) is 14.2. The number of amides is 3. The number of nitrogens with one attached hydrogen (secondary N) is 1. The summed E-state index contributed by atoms with van der Waals surface area (Å²) in [5, 5.41) is 3.51. The van der Waals surface area contributed by atoms with Gasteiger partial charge in [0.05, 0.1) is 24.3 Å². The molecule has 8 aliphatic rings. The van der Waals surface area contributed by atoms with Crippen LogP contribution in [0.25, 0.3) is 0 Å². The molecule has 0 aromatic rings. The number of carbonyl (C=O) groups excluding carboxylic acids is 3. The van der Waals surface area contributed by atoms with Crippen LogP contribution in [0.2, 0.25) is 0 Å².